The van der Waals surface area contributed by atoms with Crippen molar-refractivity contribution >= 4 is 5.97 Å². The molecule has 0 bridgehead atoms. The smallest absolute Gasteiger partial charge is 0.310 e. The van der Waals surface area contributed by atoms with Crippen LogP contribution in [0.15, 0.2) is 11.6 Å². The van der Waals surface area contributed by atoms with Gasteiger partial charge < -0.3 is 54.7 Å². The minimum atomic E-state index is -1.59. The van der Waals surface area contributed by atoms with Gasteiger partial charge in [-0.05, 0) is 116 Å². The summed E-state index contributed by atoms with van der Waals surface area (Å²) in [5.74, 6) is -0.0948. The van der Waals surface area contributed by atoms with Gasteiger partial charge in [0.1, 0.15) is 36.6 Å². The van der Waals surface area contributed by atoms with Gasteiger partial charge in [0.25, 0.3) is 0 Å². The number of rotatable bonds is 6. The van der Waals surface area contributed by atoms with Crippen LogP contribution in [0.1, 0.15) is 113 Å². The molecule has 0 spiro atoms. The highest BCUT2D eigenvalue weighted by Crippen LogP contribution is 2.76. The van der Waals surface area contributed by atoms with E-state index < -0.39 is 66.7 Å². The summed E-state index contributed by atoms with van der Waals surface area (Å²) in [5.41, 5.74) is -0.253. The van der Waals surface area contributed by atoms with Gasteiger partial charge in [0.2, 0.25) is 0 Å². The van der Waals surface area contributed by atoms with Crippen molar-refractivity contribution in [2.24, 2.45) is 50.2 Å². The topological polar surface area (TPSA) is 196 Å². The van der Waals surface area contributed by atoms with Gasteiger partial charge in [-0.3, -0.25) is 4.79 Å². The number of hydrogen-bond acceptors (Lipinski definition) is 11. The van der Waals surface area contributed by atoms with E-state index in [-0.39, 0.29) is 52.3 Å². The second kappa shape index (κ2) is 13.5. The molecule has 0 aromatic rings. The fourth-order valence-electron chi connectivity index (χ4n) is 13.4. The number of fused-ring (bicyclic) bond motifs is 7. The predicted molar refractivity (Wildman–Crippen MR) is 192 cm³/mol. The lowest BCUT2D eigenvalue weighted by atomic mass is 9.33. The molecular formula is C41H66O12. The van der Waals surface area contributed by atoms with E-state index in [1.807, 2.05) is 0 Å². The number of carboxylic acid groups (broad SMARTS) is 1. The van der Waals surface area contributed by atoms with Crippen molar-refractivity contribution in [1.29, 1.82) is 0 Å². The average Bonchev–Trinajstić information content (AvgIpc) is 3.10. The standard InChI is InChI=1S/C41H66O12/c1-21-28(44)30(46)31(47)33(51-21)53-32-29(45)24(43)19-50-34(32)52-27-11-12-38(5)25(36(27,2)3)10-13-40(7)26(38)9-8-22-23-18-37(4,20-42)14-16-41(23,35(48)49)17-15-39(22,40)6/h8,21,23-34,42-47H,9-20H2,1-7H3,(H,48,49). The Balaban J connectivity index is 1.13. The molecule has 2 aliphatic heterocycles. The Bertz CT molecular complexity index is 1440. The number of allylic oxidation sites excluding steroid dienone is 2. The summed E-state index contributed by atoms with van der Waals surface area (Å²) in [4.78, 5) is 13.1. The van der Waals surface area contributed by atoms with Crippen molar-refractivity contribution < 1.29 is 59.5 Å². The Hall–Kier alpha value is -1.19. The van der Waals surface area contributed by atoms with Gasteiger partial charge in [-0.1, -0.05) is 53.2 Å². The van der Waals surface area contributed by atoms with Gasteiger partial charge in [0, 0.05) is 6.61 Å². The Kier molecular flexibility index (Phi) is 10.2. The van der Waals surface area contributed by atoms with Crippen molar-refractivity contribution in [3.8, 4) is 0 Å². The monoisotopic (exact) mass is 750 g/mol. The lowest BCUT2D eigenvalue weighted by Gasteiger charge is -2.71. The van der Waals surface area contributed by atoms with Crippen molar-refractivity contribution in [3.05, 3.63) is 11.6 Å². The van der Waals surface area contributed by atoms with Crippen LogP contribution in [-0.2, 0) is 23.7 Å². The Morgan fingerprint density at radius 1 is 0.830 bits per heavy atom. The van der Waals surface area contributed by atoms with Crippen LogP contribution in [0.2, 0.25) is 0 Å². The summed E-state index contributed by atoms with van der Waals surface area (Å²) in [6, 6.07) is 0. The molecule has 12 heteroatoms. The molecule has 12 nitrogen and oxygen atoms in total. The van der Waals surface area contributed by atoms with Gasteiger partial charge >= 0.3 is 5.97 Å². The molecule has 7 rings (SSSR count). The summed E-state index contributed by atoms with van der Waals surface area (Å²) in [5, 5.41) is 74.0. The highest BCUT2D eigenvalue weighted by molar-refractivity contribution is 5.76. The van der Waals surface area contributed by atoms with Crippen LogP contribution in [0.5, 0.6) is 0 Å². The van der Waals surface area contributed by atoms with Gasteiger partial charge in [-0.25, -0.2) is 0 Å². The summed E-state index contributed by atoms with van der Waals surface area (Å²) in [7, 11) is 0. The maximum absolute atomic E-state index is 13.1. The van der Waals surface area contributed by atoms with Gasteiger partial charge in [0.15, 0.2) is 12.6 Å². The Morgan fingerprint density at radius 3 is 2.21 bits per heavy atom. The maximum Gasteiger partial charge on any atom is 0.310 e. The molecule has 0 aromatic heterocycles. The van der Waals surface area contributed by atoms with E-state index >= 15 is 0 Å². The molecular weight excluding hydrogens is 684 g/mol. The lowest BCUT2D eigenvalue weighted by molar-refractivity contribution is -0.364. The first-order valence-corrected chi connectivity index (χ1v) is 20.2. The first kappa shape index (κ1) is 40.0. The minimum Gasteiger partial charge on any atom is -0.481 e. The quantitative estimate of drug-likeness (QED) is 0.155. The summed E-state index contributed by atoms with van der Waals surface area (Å²) >= 11 is 0. The Morgan fingerprint density at radius 2 is 1.53 bits per heavy atom. The molecule has 2 saturated heterocycles. The average molecular weight is 751 g/mol. The number of hydrogen-bond donors (Lipinski definition) is 7. The van der Waals surface area contributed by atoms with Crippen LogP contribution in [-0.4, -0.2) is 116 Å². The third kappa shape index (κ3) is 5.85. The largest absolute Gasteiger partial charge is 0.481 e. The zero-order chi connectivity index (χ0) is 38.7. The number of ether oxygens (including phenoxy) is 4. The zero-order valence-corrected chi connectivity index (χ0v) is 32.7. The van der Waals surface area contributed by atoms with Crippen LogP contribution in [0.3, 0.4) is 0 Å². The number of carboxylic acids is 1. The van der Waals surface area contributed by atoms with Crippen LogP contribution >= 0.6 is 0 Å². The second-order valence-corrected chi connectivity index (χ2v) is 20.0. The van der Waals surface area contributed by atoms with E-state index in [1.54, 1.807) is 6.92 Å². The molecule has 0 radical (unpaired) electrons. The van der Waals surface area contributed by atoms with Crippen LogP contribution < -0.4 is 0 Å². The maximum atomic E-state index is 13.1. The fraction of sp³-hybridized carbons (Fsp3) is 0.927. The second-order valence-electron chi connectivity index (χ2n) is 20.0. The molecule has 18 atom stereocenters. The molecule has 302 valence electrons. The molecule has 6 fully saturated rings. The third-order valence-corrected chi connectivity index (χ3v) is 17.1. The van der Waals surface area contributed by atoms with E-state index in [1.165, 1.54) is 5.57 Å². The van der Waals surface area contributed by atoms with E-state index in [0.29, 0.717) is 31.1 Å². The summed E-state index contributed by atoms with van der Waals surface area (Å²) in [6.07, 6.45) is -1.40. The number of aliphatic hydroxyl groups excluding tert-OH is 6. The molecule has 4 saturated carbocycles. The highest BCUT2D eigenvalue weighted by atomic mass is 16.8. The lowest BCUT2D eigenvalue weighted by Crippen LogP contribution is -2.66. The van der Waals surface area contributed by atoms with E-state index in [2.05, 4.69) is 47.6 Å². The fourth-order valence-corrected chi connectivity index (χ4v) is 13.4. The van der Waals surface area contributed by atoms with Crippen LogP contribution in [0.4, 0.5) is 0 Å². The van der Waals surface area contributed by atoms with Gasteiger partial charge in [-0.15, -0.1) is 0 Å². The van der Waals surface area contributed by atoms with E-state index in [4.69, 9.17) is 18.9 Å². The molecule has 5 aliphatic carbocycles. The minimum absolute atomic E-state index is 0.0267. The van der Waals surface area contributed by atoms with Crippen LogP contribution in [0, 0.1) is 50.2 Å². The third-order valence-electron chi connectivity index (χ3n) is 17.1. The number of carbonyl (C=O) groups is 1. The van der Waals surface area contributed by atoms with Crippen molar-refractivity contribution in [3.63, 3.8) is 0 Å². The van der Waals surface area contributed by atoms with E-state index in [0.717, 1.165) is 44.9 Å². The SMILES string of the molecule is CC1OC(OC2C(OC3CCC4(C)C(CCC5(C)C4CC=C4C6CC(C)(CO)CCC6(C(=O)O)CCC45C)C3(C)C)OCC(O)C2O)C(O)C(O)C1O. The highest BCUT2D eigenvalue weighted by Gasteiger charge is 2.70. The first-order valence-electron chi connectivity index (χ1n) is 20.2. The van der Waals surface area contributed by atoms with Crippen molar-refractivity contribution in [2.75, 3.05) is 13.2 Å². The molecule has 2 heterocycles. The molecule has 53 heavy (non-hydrogen) atoms. The van der Waals surface area contributed by atoms with Crippen molar-refractivity contribution in [2.45, 2.75) is 174 Å². The normalized spacial score (nSPS) is 55.1. The van der Waals surface area contributed by atoms with E-state index in [9.17, 15) is 40.5 Å². The Labute approximate surface area is 314 Å². The molecule has 0 amide bonds. The number of aliphatic hydroxyl groups is 6. The molecule has 7 N–H and O–H groups in total. The van der Waals surface area contributed by atoms with Gasteiger partial charge in [0.05, 0.1) is 24.2 Å². The van der Waals surface area contributed by atoms with Gasteiger partial charge in [-0.2, -0.15) is 0 Å². The molecule has 0 aromatic carbocycles. The predicted octanol–water partition coefficient (Wildman–Crippen LogP) is 3.52. The zero-order valence-electron chi connectivity index (χ0n) is 32.7. The van der Waals surface area contributed by atoms with Crippen LogP contribution in [0.25, 0.3) is 0 Å². The number of aliphatic carboxylic acids is 1. The first-order chi connectivity index (χ1) is 24.7. The molecule has 7 aliphatic rings. The summed E-state index contributed by atoms with van der Waals surface area (Å²) < 4.78 is 24.4. The summed E-state index contributed by atoms with van der Waals surface area (Å²) in [6.45, 7) is 15.4. The molecule has 18 unspecified atom stereocenters. The van der Waals surface area contributed by atoms with Crippen molar-refractivity contribution in [1.82, 2.24) is 0 Å².